The lowest BCUT2D eigenvalue weighted by Gasteiger charge is -2.27. The van der Waals surface area contributed by atoms with E-state index in [1.807, 2.05) is 80.6 Å². The van der Waals surface area contributed by atoms with Crippen LogP contribution >= 0.6 is 12.2 Å². The van der Waals surface area contributed by atoms with Gasteiger partial charge >= 0.3 is 5.97 Å². The molecule has 0 fully saturated rings. The number of ether oxygens (including phenoxy) is 1. The number of carboxylic acid groups (broad SMARTS) is 1. The smallest absolute Gasteiger partial charge is 0.326 e. The molecule has 1 aliphatic heterocycles. The van der Waals surface area contributed by atoms with Crippen LogP contribution in [0.5, 0.6) is 5.75 Å². The number of nitrogens with one attached hydrogen (secondary N) is 2. The Hall–Kier alpha value is -3.91. The lowest BCUT2D eigenvalue weighted by atomic mass is 10.00. The van der Waals surface area contributed by atoms with Crippen LogP contribution in [0.1, 0.15) is 29.8 Å². The van der Waals surface area contributed by atoms with Crippen molar-refractivity contribution in [3.63, 3.8) is 0 Å². The summed E-state index contributed by atoms with van der Waals surface area (Å²) in [5.41, 5.74) is 4.86. The number of carbonyl (C=O) groups is 2. The predicted octanol–water partition coefficient (Wildman–Crippen LogP) is 5.24. The molecule has 4 rings (SSSR count). The Balaban J connectivity index is 1.46. The third-order valence-corrected chi connectivity index (χ3v) is 6.17. The molecule has 180 valence electrons. The van der Waals surface area contributed by atoms with Crippen LogP contribution in [0.4, 0.5) is 11.4 Å². The van der Waals surface area contributed by atoms with Crippen LogP contribution in [0, 0.1) is 5.92 Å². The number of aliphatic carboxylic acids is 1. The third-order valence-electron chi connectivity index (χ3n) is 5.97. The Kier molecular flexibility index (Phi) is 7.02. The van der Waals surface area contributed by atoms with Gasteiger partial charge in [-0.3, -0.25) is 4.79 Å². The molecule has 1 atom stereocenters. The van der Waals surface area contributed by atoms with E-state index in [2.05, 4.69) is 10.6 Å². The Morgan fingerprint density at radius 1 is 1.00 bits per heavy atom. The Bertz CT molecular complexity index is 1270. The molecule has 0 saturated heterocycles. The molecule has 0 aliphatic carbocycles. The molecule has 0 saturated carbocycles. The second-order valence-corrected chi connectivity index (χ2v) is 9.13. The van der Waals surface area contributed by atoms with E-state index in [4.69, 9.17) is 17.0 Å². The summed E-state index contributed by atoms with van der Waals surface area (Å²) in [5.74, 6) is -0.672. The topological polar surface area (TPSA) is 90.9 Å². The third kappa shape index (κ3) is 5.27. The zero-order valence-electron chi connectivity index (χ0n) is 19.7. The molecule has 1 heterocycles. The lowest BCUT2D eigenvalue weighted by molar-refractivity contribution is -0.144. The van der Waals surface area contributed by atoms with Crippen LogP contribution in [0.3, 0.4) is 0 Å². The predicted molar refractivity (Wildman–Crippen MR) is 141 cm³/mol. The number of hydrogen-bond acceptors (Lipinski definition) is 4. The van der Waals surface area contributed by atoms with Crippen LogP contribution in [0.25, 0.3) is 11.1 Å². The summed E-state index contributed by atoms with van der Waals surface area (Å²) in [7, 11) is 1.61. The fourth-order valence-corrected chi connectivity index (χ4v) is 4.48. The average molecular weight is 490 g/mol. The van der Waals surface area contributed by atoms with Crippen molar-refractivity contribution in [2.75, 3.05) is 17.7 Å². The normalized spacial score (nSPS) is 13.4. The molecule has 3 aromatic rings. The Morgan fingerprint density at radius 2 is 1.69 bits per heavy atom. The number of carbonyl (C=O) groups excluding carboxylic acids is 1. The standard InChI is InChI=1S/C27H27N3O4S/c1-16(2)24(26(32)33)30-15-19-8-7-18(13-23(19)25(30)31)17-9-11-20(12-10-17)28-27(35)29-21-5-4-6-22(14-21)34-3/h4-14,16,24H,15H2,1-3H3,(H,32,33)(H2,28,29,35)/t24-/m0/s1. The summed E-state index contributed by atoms with van der Waals surface area (Å²) in [6.45, 7) is 3.94. The second kappa shape index (κ2) is 10.1. The van der Waals surface area contributed by atoms with Gasteiger partial charge < -0.3 is 25.4 Å². The van der Waals surface area contributed by atoms with E-state index in [0.717, 1.165) is 33.8 Å². The number of nitrogens with zero attached hydrogens (tertiary/aromatic N) is 1. The van der Waals surface area contributed by atoms with Gasteiger partial charge in [0.2, 0.25) is 0 Å². The van der Waals surface area contributed by atoms with Crippen LogP contribution in [-0.2, 0) is 11.3 Å². The van der Waals surface area contributed by atoms with Crippen molar-refractivity contribution in [1.29, 1.82) is 0 Å². The number of rotatable bonds is 7. The minimum atomic E-state index is -0.983. The van der Waals surface area contributed by atoms with Gasteiger partial charge in [-0.1, -0.05) is 44.2 Å². The van der Waals surface area contributed by atoms with Crippen LogP contribution in [-0.4, -0.2) is 40.1 Å². The number of hydrogen-bond donors (Lipinski definition) is 3. The van der Waals surface area contributed by atoms with Gasteiger partial charge in [-0.25, -0.2) is 4.79 Å². The Morgan fingerprint density at radius 3 is 2.34 bits per heavy atom. The maximum Gasteiger partial charge on any atom is 0.326 e. The highest BCUT2D eigenvalue weighted by Crippen LogP contribution is 2.31. The minimum Gasteiger partial charge on any atom is -0.497 e. The summed E-state index contributed by atoms with van der Waals surface area (Å²) in [5, 5.41) is 16.3. The van der Waals surface area contributed by atoms with E-state index in [1.165, 1.54) is 4.90 Å². The van der Waals surface area contributed by atoms with E-state index in [-0.39, 0.29) is 11.8 Å². The molecule has 1 aliphatic rings. The minimum absolute atomic E-state index is 0.185. The molecule has 1 amide bonds. The summed E-state index contributed by atoms with van der Waals surface area (Å²) < 4.78 is 5.23. The lowest BCUT2D eigenvalue weighted by Crippen LogP contribution is -2.44. The molecular weight excluding hydrogens is 462 g/mol. The number of anilines is 2. The molecule has 0 spiro atoms. The van der Waals surface area contributed by atoms with Crippen molar-refractivity contribution in [3.05, 3.63) is 77.9 Å². The SMILES string of the molecule is COc1cccc(NC(=S)Nc2ccc(-c3ccc4c(c3)C(=O)N([C@H](C(=O)O)C(C)C)C4)cc2)c1. The first-order valence-corrected chi connectivity index (χ1v) is 11.7. The van der Waals surface area contributed by atoms with E-state index >= 15 is 0 Å². The van der Waals surface area contributed by atoms with Gasteiger partial charge in [-0.05, 0) is 65.2 Å². The van der Waals surface area contributed by atoms with E-state index in [1.54, 1.807) is 7.11 Å². The van der Waals surface area contributed by atoms with Crippen molar-refractivity contribution in [2.45, 2.75) is 26.4 Å². The molecule has 0 aromatic heterocycles. The zero-order valence-corrected chi connectivity index (χ0v) is 20.6. The van der Waals surface area contributed by atoms with E-state index in [9.17, 15) is 14.7 Å². The number of fused-ring (bicyclic) bond motifs is 1. The van der Waals surface area contributed by atoms with Gasteiger partial charge in [0.15, 0.2) is 5.11 Å². The number of benzene rings is 3. The molecule has 0 radical (unpaired) electrons. The first-order valence-electron chi connectivity index (χ1n) is 11.3. The quantitative estimate of drug-likeness (QED) is 0.391. The van der Waals surface area contributed by atoms with Crippen LogP contribution in [0.15, 0.2) is 66.7 Å². The van der Waals surface area contributed by atoms with Gasteiger partial charge in [-0.15, -0.1) is 0 Å². The summed E-state index contributed by atoms with van der Waals surface area (Å²) in [4.78, 5) is 26.2. The Labute approximate surface area is 209 Å². The fourth-order valence-electron chi connectivity index (χ4n) is 4.25. The van der Waals surface area contributed by atoms with Crippen molar-refractivity contribution < 1.29 is 19.4 Å². The van der Waals surface area contributed by atoms with Crippen molar-refractivity contribution >= 4 is 40.6 Å². The highest BCUT2D eigenvalue weighted by molar-refractivity contribution is 7.80. The highest BCUT2D eigenvalue weighted by atomic mass is 32.1. The number of thiocarbonyl (C=S) groups is 1. The van der Waals surface area contributed by atoms with Gasteiger partial charge in [-0.2, -0.15) is 0 Å². The van der Waals surface area contributed by atoms with Gasteiger partial charge in [0.25, 0.3) is 5.91 Å². The summed E-state index contributed by atoms with van der Waals surface area (Å²) in [6, 6.07) is 20.1. The fraction of sp³-hybridized carbons (Fsp3) is 0.222. The first-order chi connectivity index (χ1) is 16.8. The molecule has 3 N–H and O–H groups in total. The summed E-state index contributed by atoms with van der Waals surface area (Å²) in [6.07, 6.45) is 0. The molecule has 0 unspecified atom stereocenters. The molecular formula is C27H27N3O4S. The largest absolute Gasteiger partial charge is 0.497 e. The average Bonchev–Trinajstić information content (AvgIpc) is 3.14. The monoisotopic (exact) mass is 489 g/mol. The van der Waals surface area contributed by atoms with Gasteiger partial charge in [0, 0.05) is 29.5 Å². The van der Waals surface area contributed by atoms with E-state index in [0.29, 0.717) is 17.2 Å². The van der Waals surface area contributed by atoms with Gasteiger partial charge in [0.1, 0.15) is 11.8 Å². The zero-order chi connectivity index (χ0) is 25.1. The van der Waals surface area contributed by atoms with Crippen molar-refractivity contribution in [2.24, 2.45) is 5.92 Å². The molecule has 3 aromatic carbocycles. The van der Waals surface area contributed by atoms with Crippen LogP contribution < -0.4 is 15.4 Å². The van der Waals surface area contributed by atoms with Crippen molar-refractivity contribution in [3.8, 4) is 16.9 Å². The van der Waals surface area contributed by atoms with Gasteiger partial charge in [0.05, 0.1) is 7.11 Å². The van der Waals surface area contributed by atoms with Crippen LogP contribution in [0.2, 0.25) is 0 Å². The summed E-state index contributed by atoms with van der Waals surface area (Å²) >= 11 is 5.41. The molecule has 7 nitrogen and oxygen atoms in total. The molecule has 0 bridgehead atoms. The maximum absolute atomic E-state index is 13.0. The molecule has 8 heteroatoms. The van der Waals surface area contributed by atoms with Crippen molar-refractivity contribution in [1.82, 2.24) is 4.90 Å². The molecule has 35 heavy (non-hydrogen) atoms. The number of methoxy groups -OCH3 is 1. The number of amides is 1. The maximum atomic E-state index is 13.0. The highest BCUT2D eigenvalue weighted by Gasteiger charge is 2.38. The number of carboxylic acids is 1. The van der Waals surface area contributed by atoms with E-state index < -0.39 is 12.0 Å². The second-order valence-electron chi connectivity index (χ2n) is 8.72. The first kappa shape index (κ1) is 24.2.